The summed E-state index contributed by atoms with van der Waals surface area (Å²) in [5.74, 6) is -0.537. The predicted octanol–water partition coefficient (Wildman–Crippen LogP) is 3.84. The Hall–Kier alpha value is -3.54. The van der Waals surface area contributed by atoms with Gasteiger partial charge in [0.2, 0.25) is 5.91 Å². The second-order valence-electron chi connectivity index (χ2n) is 9.23. The zero-order valence-corrected chi connectivity index (χ0v) is 19.8. The largest absolute Gasteiger partial charge is 0.385 e. The first-order chi connectivity index (χ1) is 16.2. The van der Waals surface area contributed by atoms with Crippen LogP contribution in [0.4, 0.5) is 0 Å². The zero-order valence-electron chi connectivity index (χ0n) is 19.0. The number of guanidine groups is 1. The average Bonchev–Trinajstić information content (AvgIpc) is 3.33. The number of likely N-dealkylation sites (N-methyl/N-ethyl adjacent to an activating group) is 1. The van der Waals surface area contributed by atoms with Crippen LogP contribution in [-0.2, 0) is 15.9 Å². The molecule has 0 bridgehead atoms. The number of aliphatic imine (C=N–C) groups is 1. The number of thiophene rings is 1. The summed E-state index contributed by atoms with van der Waals surface area (Å²) in [7, 11) is 1.64. The SMILES string of the molecule is CN1C(=O)C(c2ccc(C3(O)CCC3)cc2)[C@@](C)(c2cc(-c3cncc(C#N)c3)cs2)N=C1N. The van der Waals surface area contributed by atoms with Crippen LogP contribution < -0.4 is 5.73 Å². The summed E-state index contributed by atoms with van der Waals surface area (Å²) >= 11 is 1.50. The smallest absolute Gasteiger partial charge is 0.239 e. The van der Waals surface area contributed by atoms with Crippen molar-refractivity contribution in [1.82, 2.24) is 9.88 Å². The van der Waals surface area contributed by atoms with Gasteiger partial charge < -0.3 is 10.8 Å². The van der Waals surface area contributed by atoms with E-state index < -0.39 is 17.1 Å². The van der Waals surface area contributed by atoms with Crippen LogP contribution in [0.5, 0.6) is 0 Å². The minimum absolute atomic E-state index is 0.131. The lowest BCUT2D eigenvalue weighted by Gasteiger charge is -2.40. The number of aliphatic hydroxyl groups is 1. The van der Waals surface area contributed by atoms with Crippen LogP contribution in [0.1, 0.15) is 53.7 Å². The minimum atomic E-state index is -0.911. The third kappa shape index (κ3) is 3.49. The van der Waals surface area contributed by atoms with Crippen LogP contribution in [0.25, 0.3) is 11.1 Å². The number of amides is 1. The van der Waals surface area contributed by atoms with Crippen molar-refractivity contribution in [1.29, 1.82) is 5.26 Å². The molecular weight excluding hydrogens is 446 g/mol. The second-order valence-corrected chi connectivity index (χ2v) is 10.1. The molecule has 2 aliphatic rings. The molecule has 7 nitrogen and oxygen atoms in total. The van der Waals surface area contributed by atoms with Gasteiger partial charge in [-0.15, -0.1) is 11.3 Å². The van der Waals surface area contributed by atoms with Gasteiger partial charge in [0, 0.05) is 29.9 Å². The van der Waals surface area contributed by atoms with Gasteiger partial charge in [0.05, 0.1) is 17.1 Å². The molecule has 0 spiro atoms. The highest BCUT2D eigenvalue weighted by Crippen LogP contribution is 2.48. The van der Waals surface area contributed by atoms with E-state index in [-0.39, 0.29) is 11.9 Å². The Labute approximate surface area is 202 Å². The molecule has 3 heterocycles. The second kappa shape index (κ2) is 8.05. The molecule has 2 aromatic heterocycles. The molecule has 1 amide bonds. The molecule has 1 fully saturated rings. The highest BCUT2D eigenvalue weighted by molar-refractivity contribution is 7.10. The van der Waals surface area contributed by atoms with E-state index in [1.54, 1.807) is 19.3 Å². The van der Waals surface area contributed by atoms with Crippen LogP contribution in [0.2, 0.25) is 0 Å². The van der Waals surface area contributed by atoms with Gasteiger partial charge >= 0.3 is 0 Å². The van der Waals surface area contributed by atoms with E-state index in [1.165, 1.54) is 22.4 Å². The number of carbonyl (C=O) groups is 1. The van der Waals surface area contributed by atoms with E-state index in [0.29, 0.717) is 5.56 Å². The molecule has 5 rings (SSSR count). The molecule has 0 radical (unpaired) electrons. The molecule has 1 aliphatic carbocycles. The molecule has 1 unspecified atom stereocenters. The van der Waals surface area contributed by atoms with Crippen molar-refractivity contribution in [2.24, 2.45) is 10.7 Å². The quantitative estimate of drug-likeness (QED) is 0.600. The first kappa shape index (κ1) is 22.3. The molecule has 1 saturated carbocycles. The molecule has 34 heavy (non-hydrogen) atoms. The molecule has 3 N–H and O–H groups in total. The normalized spacial score (nSPS) is 23.7. The van der Waals surface area contributed by atoms with Gasteiger partial charge in [0.1, 0.15) is 11.6 Å². The third-order valence-corrected chi connectivity index (χ3v) is 8.25. The van der Waals surface area contributed by atoms with Crippen molar-refractivity contribution in [2.45, 2.75) is 43.2 Å². The van der Waals surface area contributed by atoms with Gasteiger partial charge in [-0.05, 0) is 60.4 Å². The van der Waals surface area contributed by atoms with E-state index in [4.69, 9.17) is 10.7 Å². The lowest BCUT2D eigenvalue weighted by molar-refractivity contribution is -0.130. The molecule has 0 saturated heterocycles. The fraction of sp³-hybridized carbons (Fsp3) is 0.308. The number of benzene rings is 1. The van der Waals surface area contributed by atoms with E-state index in [2.05, 4.69) is 11.1 Å². The zero-order chi connectivity index (χ0) is 24.1. The summed E-state index contributed by atoms with van der Waals surface area (Å²) < 4.78 is 0. The van der Waals surface area contributed by atoms with Crippen molar-refractivity contribution >= 4 is 23.2 Å². The molecule has 2 atom stereocenters. The topological polar surface area (TPSA) is 116 Å². The lowest BCUT2D eigenvalue weighted by Crippen LogP contribution is -2.52. The maximum atomic E-state index is 13.5. The number of nitrogens with zero attached hydrogens (tertiary/aromatic N) is 4. The Bertz CT molecular complexity index is 1340. The molecule has 3 aromatic rings. The number of pyridine rings is 1. The predicted molar refractivity (Wildman–Crippen MR) is 131 cm³/mol. The van der Waals surface area contributed by atoms with E-state index in [1.807, 2.05) is 42.6 Å². The third-order valence-electron chi connectivity index (χ3n) is 7.09. The van der Waals surface area contributed by atoms with Gasteiger partial charge in [-0.2, -0.15) is 5.26 Å². The number of nitriles is 1. The monoisotopic (exact) mass is 471 g/mol. The fourth-order valence-electron chi connectivity index (χ4n) is 4.79. The van der Waals surface area contributed by atoms with E-state index >= 15 is 0 Å². The van der Waals surface area contributed by atoms with Crippen LogP contribution in [0, 0.1) is 11.3 Å². The summed E-state index contributed by atoms with van der Waals surface area (Å²) in [5, 5.41) is 21.9. The highest BCUT2D eigenvalue weighted by Gasteiger charge is 2.48. The van der Waals surface area contributed by atoms with Crippen LogP contribution >= 0.6 is 11.3 Å². The Morgan fingerprint density at radius 3 is 2.59 bits per heavy atom. The van der Waals surface area contributed by atoms with Crippen molar-refractivity contribution in [3.63, 3.8) is 0 Å². The van der Waals surface area contributed by atoms with Crippen molar-refractivity contribution in [2.75, 3.05) is 7.05 Å². The van der Waals surface area contributed by atoms with Crippen LogP contribution in [0.3, 0.4) is 0 Å². The summed E-state index contributed by atoms with van der Waals surface area (Å²) in [4.78, 5) is 24.8. The van der Waals surface area contributed by atoms with Crippen molar-refractivity contribution < 1.29 is 9.90 Å². The maximum Gasteiger partial charge on any atom is 0.239 e. The van der Waals surface area contributed by atoms with Crippen LogP contribution in [0.15, 0.2) is 59.2 Å². The van der Waals surface area contributed by atoms with Gasteiger partial charge in [0.25, 0.3) is 0 Å². The maximum absolute atomic E-state index is 13.5. The number of hydrogen-bond donors (Lipinski definition) is 2. The summed E-state index contributed by atoms with van der Waals surface area (Å²) in [6.07, 6.45) is 5.78. The fourth-order valence-corrected chi connectivity index (χ4v) is 5.84. The van der Waals surface area contributed by atoms with Gasteiger partial charge in [-0.25, -0.2) is 4.99 Å². The Morgan fingerprint density at radius 2 is 1.94 bits per heavy atom. The van der Waals surface area contributed by atoms with Crippen molar-refractivity contribution in [3.05, 3.63) is 75.7 Å². The van der Waals surface area contributed by atoms with Gasteiger partial charge in [-0.1, -0.05) is 24.3 Å². The van der Waals surface area contributed by atoms with Crippen molar-refractivity contribution in [3.8, 4) is 17.2 Å². The van der Waals surface area contributed by atoms with Gasteiger partial charge in [0.15, 0.2) is 5.96 Å². The van der Waals surface area contributed by atoms with Gasteiger partial charge in [-0.3, -0.25) is 14.7 Å². The van der Waals surface area contributed by atoms with E-state index in [9.17, 15) is 15.2 Å². The number of rotatable bonds is 4. The molecule has 8 heteroatoms. The number of hydrogen-bond acceptors (Lipinski definition) is 7. The molecular formula is C26H25N5O2S. The molecule has 1 aliphatic heterocycles. The summed E-state index contributed by atoms with van der Waals surface area (Å²) in [6.45, 7) is 1.93. The first-order valence-corrected chi connectivity index (χ1v) is 12.0. The van der Waals surface area contributed by atoms with Crippen LogP contribution in [-0.4, -0.2) is 33.9 Å². The molecule has 172 valence electrons. The average molecular weight is 472 g/mol. The minimum Gasteiger partial charge on any atom is -0.385 e. The Morgan fingerprint density at radius 1 is 1.21 bits per heavy atom. The Kier molecular flexibility index (Phi) is 5.27. The highest BCUT2D eigenvalue weighted by atomic mass is 32.1. The first-order valence-electron chi connectivity index (χ1n) is 11.2. The Balaban J connectivity index is 1.57. The number of nitrogens with two attached hydrogens (primary N) is 1. The summed E-state index contributed by atoms with van der Waals surface area (Å²) in [6, 6.07) is 13.6. The number of aromatic nitrogens is 1. The lowest BCUT2D eigenvalue weighted by atomic mass is 9.73. The summed E-state index contributed by atoms with van der Waals surface area (Å²) in [5.41, 5.74) is 8.43. The number of carbonyl (C=O) groups excluding carboxylic acids is 1. The standard InChI is InChI=1S/C26H25N5O2S/c1-25(21-11-19(15-34-21)18-10-16(12-27)13-29-14-18)22(23(32)31(2)24(28)30-25)17-4-6-20(7-5-17)26(33)8-3-9-26/h4-7,10-11,13-15,22,33H,3,8-9H2,1-2H3,(H2,28,30)/t22?,25-/m1/s1. The van der Waals surface area contributed by atoms with E-state index in [0.717, 1.165) is 46.4 Å². The molecule has 1 aromatic carbocycles.